The highest BCUT2D eigenvalue weighted by molar-refractivity contribution is 7.89. The van der Waals surface area contributed by atoms with Gasteiger partial charge in [-0.3, -0.25) is 20.4 Å². The molecular formula is C19H22ClN3O5S. The average Bonchev–Trinajstić information content (AvgIpc) is 2.67. The lowest BCUT2D eigenvalue weighted by molar-refractivity contribution is -0.135. The first-order valence-electron chi connectivity index (χ1n) is 8.51. The zero-order valence-electron chi connectivity index (χ0n) is 16.4. The summed E-state index contributed by atoms with van der Waals surface area (Å²) in [5.41, 5.74) is 3.32. The summed E-state index contributed by atoms with van der Waals surface area (Å²) in [7, 11) is -0.901. The number of sulfonamides is 1. The minimum absolute atomic E-state index is 0.0344. The molecule has 2 amide bonds. The summed E-state index contributed by atoms with van der Waals surface area (Å²) < 4.78 is 31.1. The Labute approximate surface area is 174 Å². The van der Waals surface area contributed by atoms with Crippen molar-refractivity contribution in [2.75, 3.05) is 14.1 Å². The van der Waals surface area contributed by atoms with Crippen molar-refractivity contribution in [3.05, 3.63) is 59.1 Å². The van der Waals surface area contributed by atoms with Crippen molar-refractivity contribution >= 4 is 33.4 Å². The van der Waals surface area contributed by atoms with Crippen molar-refractivity contribution in [3.63, 3.8) is 0 Å². The third-order valence-electron chi connectivity index (χ3n) is 3.90. The van der Waals surface area contributed by atoms with Crippen LogP contribution < -0.4 is 15.6 Å². The van der Waals surface area contributed by atoms with Gasteiger partial charge in [-0.1, -0.05) is 17.7 Å². The van der Waals surface area contributed by atoms with Gasteiger partial charge in [-0.15, -0.1) is 0 Å². The predicted molar refractivity (Wildman–Crippen MR) is 109 cm³/mol. The van der Waals surface area contributed by atoms with Gasteiger partial charge in [0.15, 0.2) is 5.60 Å². The smallest absolute Gasteiger partial charge is 0.281 e. The standard InChI is InChI=1S/C19H22ClN3O5S/c1-19(2,28-15-10-8-14(20)9-11-15)18(25)22-21-17(24)13-6-5-7-16(12-13)29(26,27)23(3)4/h5-12H,1-4H3,(H,21,24)(H,22,25). The highest BCUT2D eigenvalue weighted by Gasteiger charge is 2.30. The van der Waals surface area contributed by atoms with E-state index in [0.717, 1.165) is 4.31 Å². The summed E-state index contributed by atoms with van der Waals surface area (Å²) >= 11 is 5.82. The van der Waals surface area contributed by atoms with Gasteiger partial charge in [0.2, 0.25) is 10.0 Å². The molecule has 0 atom stereocenters. The topological polar surface area (TPSA) is 105 Å². The van der Waals surface area contributed by atoms with E-state index in [2.05, 4.69) is 10.9 Å². The van der Waals surface area contributed by atoms with E-state index in [4.69, 9.17) is 16.3 Å². The molecule has 0 aliphatic carbocycles. The lowest BCUT2D eigenvalue weighted by atomic mass is 10.1. The Morgan fingerprint density at radius 1 is 1.03 bits per heavy atom. The van der Waals surface area contributed by atoms with Crippen LogP contribution in [0, 0.1) is 0 Å². The first-order chi connectivity index (χ1) is 13.4. The van der Waals surface area contributed by atoms with Crippen molar-refractivity contribution in [1.29, 1.82) is 0 Å². The van der Waals surface area contributed by atoms with Gasteiger partial charge in [-0.25, -0.2) is 12.7 Å². The fraction of sp³-hybridized carbons (Fsp3) is 0.263. The number of amides is 2. The normalized spacial score (nSPS) is 11.8. The van der Waals surface area contributed by atoms with E-state index in [1.807, 2.05) is 0 Å². The molecule has 0 spiro atoms. The van der Waals surface area contributed by atoms with Crippen LogP contribution in [0.3, 0.4) is 0 Å². The Morgan fingerprint density at radius 2 is 1.66 bits per heavy atom. The van der Waals surface area contributed by atoms with Crippen molar-refractivity contribution in [3.8, 4) is 5.75 Å². The van der Waals surface area contributed by atoms with Crippen LogP contribution in [0.15, 0.2) is 53.4 Å². The molecule has 0 aliphatic heterocycles. The summed E-state index contributed by atoms with van der Waals surface area (Å²) in [6.07, 6.45) is 0. The van der Waals surface area contributed by atoms with E-state index in [1.54, 1.807) is 24.3 Å². The largest absolute Gasteiger partial charge is 0.478 e. The Morgan fingerprint density at radius 3 is 2.24 bits per heavy atom. The molecular weight excluding hydrogens is 418 g/mol. The molecule has 0 aliphatic rings. The first-order valence-corrected chi connectivity index (χ1v) is 10.3. The fourth-order valence-corrected chi connectivity index (χ4v) is 3.26. The van der Waals surface area contributed by atoms with E-state index < -0.39 is 27.4 Å². The van der Waals surface area contributed by atoms with Crippen molar-refractivity contribution in [2.45, 2.75) is 24.3 Å². The fourth-order valence-electron chi connectivity index (χ4n) is 2.19. The number of benzene rings is 2. The average molecular weight is 440 g/mol. The number of halogens is 1. The van der Waals surface area contributed by atoms with Crippen LogP contribution in [0.4, 0.5) is 0 Å². The molecule has 0 unspecified atom stereocenters. The third kappa shape index (κ3) is 5.69. The van der Waals surface area contributed by atoms with E-state index in [0.29, 0.717) is 10.8 Å². The highest BCUT2D eigenvalue weighted by atomic mass is 35.5. The van der Waals surface area contributed by atoms with Gasteiger partial charge in [0, 0.05) is 24.7 Å². The van der Waals surface area contributed by atoms with Gasteiger partial charge < -0.3 is 4.74 Å². The number of hydrogen-bond acceptors (Lipinski definition) is 5. The van der Waals surface area contributed by atoms with Gasteiger partial charge in [-0.05, 0) is 56.3 Å². The van der Waals surface area contributed by atoms with Crippen LogP contribution in [0.25, 0.3) is 0 Å². The van der Waals surface area contributed by atoms with E-state index >= 15 is 0 Å². The molecule has 0 saturated heterocycles. The molecule has 2 N–H and O–H groups in total. The maximum atomic E-state index is 12.4. The number of hydrazine groups is 1. The van der Waals surface area contributed by atoms with Crippen LogP contribution in [0.2, 0.25) is 5.02 Å². The maximum Gasteiger partial charge on any atom is 0.281 e. The van der Waals surface area contributed by atoms with Gasteiger partial charge >= 0.3 is 0 Å². The highest BCUT2D eigenvalue weighted by Crippen LogP contribution is 2.21. The summed E-state index contributed by atoms with van der Waals surface area (Å²) in [6, 6.07) is 12.0. The minimum atomic E-state index is -3.69. The van der Waals surface area contributed by atoms with Crippen LogP contribution in [0.5, 0.6) is 5.75 Å². The predicted octanol–water partition coefficient (Wildman–Crippen LogP) is 2.21. The van der Waals surface area contributed by atoms with Crippen LogP contribution >= 0.6 is 11.6 Å². The Bertz CT molecular complexity index is 1000. The Kier molecular flexibility index (Phi) is 6.89. The molecule has 2 aromatic rings. The second-order valence-corrected chi connectivity index (χ2v) is 9.38. The molecule has 29 heavy (non-hydrogen) atoms. The molecule has 0 saturated carbocycles. The Hall–Kier alpha value is -2.62. The number of carbonyl (C=O) groups is 2. The SMILES string of the molecule is CN(C)S(=O)(=O)c1cccc(C(=O)NNC(=O)C(C)(C)Oc2ccc(Cl)cc2)c1. The second kappa shape index (κ2) is 8.81. The lowest BCUT2D eigenvalue weighted by Crippen LogP contribution is -2.53. The first kappa shape index (κ1) is 22.7. The van der Waals surface area contributed by atoms with Crippen molar-refractivity contribution in [1.82, 2.24) is 15.2 Å². The summed E-state index contributed by atoms with van der Waals surface area (Å²) in [6.45, 7) is 3.07. The number of hydrogen-bond donors (Lipinski definition) is 2. The van der Waals surface area contributed by atoms with Gasteiger partial charge in [-0.2, -0.15) is 0 Å². The van der Waals surface area contributed by atoms with Gasteiger partial charge in [0.25, 0.3) is 11.8 Å². The Balaban J connectivity index is 2.04. The minimum Gasteiger partial charge on any atom is -0.478 e. The van der Waals surface area contributed by atoms with Crippen LogP contribution in [0.1, 0.15) is 24.2 Å². The monoisotopic (exact) mass is 439 g/mol. The van der Waals surface area contributed by atoms with Crippen LogP contribution in [-0.2, 0) is 14.8 Å². The molecule has 2 rings (SSSR count). The van der Waals surface area contributed by atoms with Crippen LogP contribution in [-0.4, -0.2) is 44.2 Å². The number of nitrogens with zero attached hydrogens (tertiary/aromatic N) is 1. The summed E-state index contributed by atoms with van der Waals surface area (Å²) in [5, 5.41) is 0.533. The van der Waals surface area contributed by atoms with E-state index in [9.17, 15) is 18.0 Å². The summed E-state index contributed by atoms with van der Waals surface area (Å²) in [5.74, 6) is -0.836. The quantitative estimate of drug-likeness (QED) is 0.671. The molecule has 0 heterocycles. The molecule has 0 fully saturated rings. The molecule has 0 aromatic heterocycles. The molecule has 8 nitrogen and oxygen atoms in total. The molecule has 156 valence electrons. The number of carbonyl (C=O) groups excluding carboxylic acids is 2. The van der Waals surface area contributed by atoms with Gasteiger partial charge in [0.05, 0.1) is 4.90 Å². The van der Waals surface area contributed by atoms with Crippen molar-refractivity contribution in [2.24, 2.45) is 0 Å². The molecule has 2 aromatic carbocycles. The maximum absolute atomic E-state index is 12.4. The van der Waals surface area contributed by atoms with E-state index in [1.165, 1.54) is 52.2 Å². The molecule has 0 bridgehead atoms. The van der Waals surface area contributed by atoms with E-state index in [-0.39, 0.29) is 10.5 Å². The zero-order chi connectivity index (χ0) is 21.8. The second-order valence-electron chi connectivity index (χ2n) is 6.79. The third-order valence-corrected chi connectivity index (χ3v) is 5.96. The summed E-state index contributed by atoms with van der Waals surface area (Å²) in [4.78, 5) is 24.7. The molecule has 10 heteroatoms. The molecule has 0 radical (unpaired) electrons. The number of nitrogens with one attached hydrogen (secondary N) is 2. The lowest BCUT2D eigenvalue weighted by Gasteiger charge is -2.25. The van der Waals surface area contributed by atoms with Crippen molar-refractivity contribution < 1.29 is 22.7 Å². The zero-order valence-corrected chi connectivity index (χ0v) is 18.0. The number of rotatable bonds is 6. The van der Waals surface area contributed by atoms with Gasteiger partial charge in [0.1, 0.15) is 5.75 Å². The number of ether oxygens (including phenoxy) is 1.